The molecule has 0 saturated carbocycles. The minimum Gasteiger partial charge on any atom is -0.443 e. The fourth-order valence-corrected chi connectivity index (χ4v) is 4.27. The summed E-state index contributed by atoms with van der Waals surface area (Å²) in [6.45, 7) is 2.55. The van der Waals surface area contributed by atoms with Crippen molar-refractivity contribution in [2.24, 2.45) is 7.05 Å². The lowest BCUT2D eigenvalue weighted by Gasteiger charge is -2.33. The van der Waals surface area contributed by atoms with Gasteiger partial charge in [-0.2, -0.15) is 0 Å². The molecule has 7 nitrogen and oxygen atoms in total. The molecule has 0 aliphatic rings. The molecule has 170 valence electrons. The summed E-state index contributed by atoms with van der Waals surface area (Å²) in [4.78, 5) is 32.0. The molecule has 2 aromatic heterocycles. The van der Waals surface area contributed by atoms with E-state index in [1.807, 2.05) is 49.6 Å². The van der Waals surface area contributed by atoms with E-state index < -0.39 is 0 Å². The molecule has 0 radical (unpaired) electrons. The van der Waals surface area contributed by atoms with E-state index in [9.17, 15) is 9.59 Å². The first kappa shape index (κ1) is 22.3. The zero-order valence-electron chi connectivity index (χ0n) is 19.1. The first-order valence-corrected chi connectivity index (χ1v) is 11.0. The van der Waals surface area contributed by atoms with Gasteiger partial charge in [0, 0.05) is 38.8 Å². The van der Waals surface area contributed by atoms with Crippen molar-refractivity contribution in [1.82, 2.24) is 19.8 Å². The van der Waals surface area contributed by atoms with E-state index in [2.05, 4.69) is 29.4 Å². The largest absolute Gasteiger partial charge is 0.443 e. The molecule has 2 amide bonds. The second-order valence-corrected chi connectivity index (χ2v) is 8.24. The normalized spacial score (nSPS) is 12.9. The van der Waals surface area contributed by atoms with Gasteiger partial charge in [-0.05, 0) is 36.2 Å². The maximum Gasteiger partial charge on any atom is 0.267 e. The van der Waals surface area contributed by atoms with Crippen LogP contribution in [0.3, 0.4) is 0 Å². The highest BCUT2D eigenvalue weighted by Crippen LogP contribution is 2.27. The standard InChI is InChI=1S/C26H28N4O3/c1-18(19-9-5-4-6-10-19)22(14-15-27-25(31)23-13-8-16-29(23)2)30(3)26(32)20-11-7-12-21-24(20)33-17-28-21/h4-13,16-18,22H,14-15H2,1-3H3,(H,27,31)/t18-,22-/m1/s1. The molecule has 1 N–H and O–H groups in total. The molecule has 0 aliphatic carbocycles. The first-order chi connectivity index (χ1) is 16.0. The number of aryl methyl sites for hydroxylation is 1. The van der Waals surface area contributed by atoms with Gasteiger partial charge in [0.15, 0.2) is 12.0 Å². The first-order valence-electron chi connectivity index (χ1n) is 11.0. The van der Waals surface area contributed by atoms with Gasteiger partial charge in [0.25, 0.3) is 11.8 Å². The highest BCUT2D eigenvalue weighted by atomic mass is 16.3. The molecular weight excluding hydrogens is 416 g/mol. The van der Waals surface area contributed by atoms with Crippen LogP contribution < -0.4 is 5.32 Å². The van der Waals surface area contributed by atoms with Crippen molar-refractivity contribution in [3.8, 4) is 0 Å². The highest BCUT2D eigenvalue weighted by molar-refractivity contribution is 6.04. The highest BCUT2D eigenvalue weighted by Gasteiger charge is 2.29. The Morgan fingerprint density at radius 3 is 2.61 bits per heavy atom. The lowest BCUT2D eigenvalue weighted by atomic mass is 9.89. The maximum absolute atomic E-state index is 13.5. The van der Waals surface area contributed by atoms with Crippen LogP contribution in [0, 0.1) is 0 Å². The number of carbonyl (C=O) groups is 2. The van der Waals surface area contributed by atoms with Crippen LogP contribution in [0.25, 0.3) is 11.1 Å². The topological polar surface area (TPSA) is 80.4 Å². The Balaban J connectivity index is 1.55. The summed E-state index contributed by atoms with van der Waals surface area (Å²) in [7, 11) is 3.65. The summed E-state index contributed by atoms with van der Waals surface area (Å²) in [5.41, 5.74) is 3.35. The minimum absolute atomic E-state index is 0.0565. The summed E-state index contributed by atoms with van der Waals surface area (Å²) in [5.74, 6) is -0.214. The van der Waals surface area contributed by atoms with E-state index in [0.717, 1.165) is 5.56 Å². The predicted molar refractivity (Wildman–Crippen MR) is 127 cm³/mol. The maximum atomic E-state index is 13.5. The van der Waals surface area contributed by atoms with Gasteiger partial charge in [0.05, 0.1) is 5.56 Å². The summed E-state index contributed by atoms with van der Waals surface area (Å²) in [6.07, 6.45) is 3.79. The van der Waals surface area contributed by atoms with Crippen molar-refractivity contribution in [1.29, 1.82) is 0 Å². The third-order valence-corrected chi connectivity index (χ3v) is 6.21. The van der Waals surface area contributed by atoms with Crippen molar-refractivity contribution in [3.05, 3.63) is 90.1 Å². The van der Waals surface area contributed by atoms with Crippen LogP contribution in [0.1, 0.15) is 45.7 Å². The van der Waals surface area contributed by atoms with Crippen LogP contribution in [-0.4, -0.2) is 45.9 Å². The van der Waals surface area contributed by atoms with E-state index in [0.29, 0.717) is 35.3 Å². The van der Waals surface area contributed by atoms with Gasteiger partial charge in [0.1, 0.15) is 11.2 Å². The molecule has 7 heteroatoms. The van der Waals surface area contributed by atoms with Crippen LogP contribution in [0.4, 0.5) is 0 Å². The summed E-state index contributed by atoms with van der Waals surface area (Å²) < 4.78 is 7.28. The van der Waals surface area contributed by atoms with Crippen LogP contribution in [-0.2, 0) is 7.05 Å². The van der Waals surface area contributed by atoms with E-state index in [-0.39, 0.29) is 23.8 Å². The number of benzene rings is 2. The van der Waals surface area contributed by atoms with E-state index in [4.69, 9.17) is 4.42 Å². The molecular formula is C26H28N4O3. The predicted octanol–water partition coefficient (Wildman–Crippen LogP) is 4.23. The van der Waals surface area contributed by atoms with Gasteiger partial charge in [-0.1, -0.05) is 43.3 Å². The van der Waals surface area contributed by atoms with Crippen LogP contribution in [0.5, 0.6) is 0 Å². The van der Waals surface area contributed by atoms with Crippen LogP contribution in [0.15, 0.2) is 77.7 Å². The Hall–Kier alpha value is -3.87. The van der Waals surface area contributed by atoms with Crippen molar-refractivity contribution < 1.29 is 14.0 Å². The second-order valence-electron chi connectivity index (χ2n) is 8.24. The number of rotatable bonds is 8. The monoisotopic (exact) mass is 444 g/mol. The lowest BCUT2D eigenvalue weighted by Crippen LogP contribution is -2.42. The lowest BCUT2D eigenvalue weighted by molar-refractivity contribution is 0.0702. The van der Waals surface area contributed by atoms with Gasteiger partial charge in [0.2, 0.25) is 0 Å². The summed E-state index contributed by atoms with van der Waals surface area (Å²) in [5, 5.41) is 3.00. The Morgan fingerprint density at radius 2 is 1.88 bits per heavy atom. The van der Waals surface area contributed by atoms with Gasteiger partial charge in [-0.15, -0.1) is 0 Å². The molecule has 2 atom stereocenters. The number of hydrogen-bond acceptors (Lipinski definition) is 4. The number of hydrogen-bond donors (Lipinski definition) is 1. The van der Waals surface area contributed by atoms with Gasteiger partial charge in [-0.25, -0.2) is 4.98 Å². The van der Waals surface area contributed by atoms with Crippen molar-refractivity contribution in [3.63, 3.8) is 0 Å². The smallest absolute Gasteiger partial charge is 0.267 e. The zero-order valence-corrected chi connectivity index (χ0v) is 19.1. The fraction of sp³-hybridized carbons (Fsp3) is 0.269. The Labute approximate surface area is 193 Å². The molecule has 0 fully saturated rings. The van der Waals surface area contributed by atoms with E-state index >= 15 is 0 Å². The number of fused-ring (bicyclic) bond motifs is 1. The molecule has 4 rings (SSSR count). The molecule has 2 heterocycles. The number of likely N-dealkylation sites (N-methyl/N-ethyl adjacent to an activating group) is 1. The number of nitrogens with zero attached hydrogens (tertiary/aromatic N) is 3. The van der Waals surface area contributed by atoms with Crippen LogP contribution >= 0.6 is 0 Å². The zero-order chi connectivity index (χ0) is 23.4. The van der Waals surface area contributed by atoms with Crippen LogP contribution in [0.2, 0.25) is 0 Å². The Bertz CT molecular complexity index is 1240. The van der Waals surface area contributed by atoms with Crippen molar-refractivity contribution in [2.45, 2.75) is 25.3 Å². The molecule has 33 heavy (non-hydrogen) atoms. The molecule has 0 saturated heterocycles. The summed E-state index contributed by atoms with van der Waals surface area (Å²) >= 11 is 0. The van der Waals surface area contributed by atoms with Gasteiger partial charge >= 0.3 is 0 Å². The SMILES string of the molecule is C[C@H](c1ccccc1)[C@@H](CCNC(=O)c1cccn1C)N(C)C(=O)c1cccc2ncoc12. The Morgan fingerprint density at radius 1 is 1.09 bits per heavy atom. The number of oxazole rings is 1. The molecule has 2 aromatic carbocycles. The van der Waals surface area contributed by atoms with Crippen molar-refractivity contribution >= 4 is 22.9 Å². The Kier molecular flexibility index (Phi) is 6.58. The number of carbonyl (C=O) groups excluding carboxylic acids is 2. The minimum atomic E-state index is -0.146. The number of amides is 2. The van der Waals surface area contributed by atoms with Gasteiger partial charge in [-0.3, -0.25) is 9.59 Å². The second kappa shape index (κ2) is 9.73. The third kappa shape index (κ3) is 4.67. The number of para-hydroxylation sites is 1. The number of aromatic nitrogens is 2. The van der Waals surface area contributed by atoms with Crippen molar-refractivity contribution in [2.75, 3.05) is 13.6 Å². The summed E-state index contributed by atoms with van der Waals surface area (Å²) in [6, 6.07) is 19.0. The third-order valence-electron chi connectivity index (χ3n) is 6.21. The molecule has 0 bridgehead atoms. The van der Waals surface area contributed by atoms with E-state index in [1.54, 1.807) is 28.6 Å². The van der Waals surface area contributed by atoms with Gasteiger partial charge < -0.3 is 19.2 Å². The average Bonchev–Trinajstić information content (AvgIpc) is 3.49. The number of nitrogens with one attached hydrogen (secondary N) is 1. The fourth-order valence-electron chi connectivity index (χ4n) is 4.27. The quantitative estimate of drug-likeness (QED) is 0.441. The average molecular weight is 445 g/mol. The molecule has 4 aromatic rings. The van der Waals surface area contributed by atoms with E-state index in [1.165, 1.54) is 6.39 Å². The molecule has 0 unspecified atom stereocenters. The molecule has 0 spiro atoms. The molecule has 0 aliphatic heterocycles.